The first kappa shape index (κ1) is 8.07. The fourth-order valence-corrected chi connectivity index (χ4v) is 1.41. The number of aromatic nitrogens is 1. The molecule has 66 valence electrons. The zero-order valence-corrected chi connectivity index (χ0v) is 7.51. The minimum atomic E-state index is -0.106. The van der Waals surface area contributed by atoms with Crippen LogP contribution in [-0.4, -0.2) is 4.98 Å². The largest absolute Gasteiger partial charge is 0.440 e. The highest BCUT2D eigenvalue weighted by atomic mass is 32.1. The molecule has 2 rings (SSSR count). The first-order chi connectivity index (χ1) is 6.34. The molecule has 0 spiro atoms. The highest BCUT2D eigenvalue weighted by Gasteiger charge is 1.97. The fourth-order valence-electron chi connectivity index (χ4n) is 0.932. The van der Waals surface area contributed by atoms with Gasteiger partial charge in [-0.2, -0.15) is 0 Å². The number of thiazole rings is 1. The van der Waals surface area contributed by atoms with Gasteiger partial charge in [0.2, 0.25) is 5.88 Å². The second-order valence-electron chi connectivity index (χ2n) is 2.43. The number of ether oxygens (including phenoxy) is 1. The Morgan fingerprint density at radius 2 is 2.00 bits per heavy atom. The van der Waals surface area contributed by atoms with Crippen molar-refractivity contribution in [1.29, 1.82) is 0 Å². The van der Waals surface area contributed by atoms with Gasteiger partial charge in [-0.15, -0.1) is 0 Å². The average molecular weight is 193 g/mol. The smallest absolute Gasteiger partial charge is 0.307 e. The maximum atomic E-state index is 10.8. The van der Waals surface area contributed by atoms with Crippen LogP contribution in [-0.2, 0) is 0 Å². The van der Waals surface area contributed by atoms with Crippen LogP contribution in [0.4, 0.5) is 0 Å². The first-order valence-electron chi connectivity index (χ1n) is 3.75. The van der Waals surface area contributed by atoms with Crippen molar-refractivity contribution in [2.45, 2.75) is 0 Å². The molecule has 1 aromatic carbocycles. The lowest BCUT2D eigenvalue weighted by Crippen LogP contribution is -1.93. The number of para-hydroxylation sites is 1. The summed E-state index contributed by atoms with van der Waals surface area (Å²) < 4.78 is 5.35. The van der Waals surface area contributed by atoms with Gasteiger partial charge in [0.25, 0.3) is 0 Å². The Bertz CT molecular complexity index is 432. The molecule has 1 aromatic heterocycles. The van der Waals surface area contributed by atoms with Crippen LogP contribution in [0, 0.1) is 0 Å². The summed E-state index contributed by atoms with van der Waals surface area (Å²) in [5.74, 6) is 1.21. The molecule has 0 amide bonds. The minimum absolute atomic E-state index is 0.106. The molecule has 4 heteroatoms. The maximum absolute atomic E-state index is 10.8. The molecule has 1 heterocycles. The maximum Gasteiger partial charge on any atom is 0.307 e. The lowest BCUT2D eigenvalue weighted by Gasteiger charge is -1.99. The Morgan fingerprint density at radius 3 is 2.62 bits per heavy atom. The van der Waals surface area contributed by atoms with Crippen molar-refractivity contribution in [1.82, 2.24) is 4.98 Å². The molecule has 0 radical (unpaired) electrons. The van der Waals surface area contributed by atoms with Crippen LogP contribution < -0.4 is 9.61 Å². The summed E-state index contributed by atoms with van der Waals surface area (Å²) in [7, 11) is 0. The van der Waals surface area contributed by atoms with Crippen molar-refractivity contribution in [3.05, 3.63) is 45.4 Å². The Kier molecular flexibility index (Phi) is 2.14. The number of H-pyrrole nitrogens is 1. The monoisotopic (exact) mass is 193 g/mol. The molecule has 0 aliphatic rings. The summed E-state index contributed by atoms with van der Waals surface area (Å²) in [6.45, 7) is 0. The van der Waals surface area contributed by atoms with Crippen LogP contribution in [0.15, 0.2) is 40.5 Å². The zero-order valence-electron chi connectivity index (χ0n) is 6.69. The lowest BCUT2D eigenvalue weighted by atomic mass is 10.3. The second kappa shape index (κ2) is 3.45. The minimum Gasteiger partial charge on any atom is -0.440 e. The SMILES string of the molecule is O=c1[nH]c(Oc2ccccc2)cs1. The molecule has 0 aliphatic heterocycles. The fraction of sp³-hybridized carbons (Fsp3) is 0. The first-order valence-corrected chi connectivity index (χ1v) is 4.63. The van der Waals surface area contributed by atoms with E-state index >= 15 is 0 Å². The Morgan fingerprint density at radius 1 is 1.23 bits per heavy atom. The van der Waals surface area contributed by atoms with Gasteiger partial charge in [0.1, 0.15) is 5.75 Å². The van der Waals surface area contributed by atoms with Crippen molar-refractivity contribution in [2.75, 3.05) is 0 Å². The number of hydrogen-bond acceptors (Lipinski definition) is 3. The zero-order chi connectivity index (χ0) is 9.10. The van der Waals surface area contributed by atoms with Crippen molar-refractivity contribution < 1.29 is 4.74 Å². The van der Waals surface area contributed by atoms with Crippen LogP contribution in [0.1, 0.15) is 0 Å². The molecule has 0 aliphatic carbocycles. The van der Waals surface area contributed by atoms with Gasteiger partial charge in [0, 0.05) is 0 Å². The molecule has 0 saturated carbocycles. The van der Waals surface area contributed by atoms with E-state index in [1.165, 1.54) is 0 Å². The van der Waals surface area contributed by atoms with Crippen LogP contribution in [0.3, 0.4) is 0 Å². The third-order valence-electron chi connectivity index (χ3n) is 1.47. The van der Waals surface area contributed by atoms with Crippen molar-refractivity contribution >= 4 is 11.3 Å². The Hall–Kier alpha value is -1.55. The van der Waals surface area contributed by atoms with Gasteiger partial charge in [0.15, 0.2) is 0 Å². The summed E-state index contributed by atoms with van der Waals surface area (Å²) in [5, 5.41) is 1.65. The Balaban J connectivity index is 2.20. The Labute approximate surface area is 78.6 Å². The lowest BCUT2D eigenvalue weighted by molar-refractivity contribution is 0.465. The van der Waals surface area contributed by atoms with Gasteiger partial charge in [-0.1, -0.05) is 29.5 Å². The van der Waals surface area contributed by atoms with Crippen molar-refractivity contribution in [2.24, 2.45) is 0 Å². The number of nitrogens with one attached hydrogen (secondary N) is 1. The summed E-state index contributed by atoms with van der Waals surface area (Å²) in [6.07, 6.45) is 0. The van der Waals surface area contributed by atoms with E-state index in [1.807, 2.05) is 30.3 Å². The van der Waals surface area contributed by atoms with Gasteiger partial charge in [0.05, 0.1) is 5.38 Å². The number of benzene rings is 1. The highest BCUT2D eigenvalue weighted by molar-refractivity contribution is 7.07. The van der Waals surface area contributed by atoms with Crippen LogP contribution >= 0.6 is 11.3 Å². The summed E-state index contributed by atoms with van der Waals surface area (Å²) in [6, 6.07) is 9.31. The van der Waals surface area contributed by atoms with E-state index in [4.69, 9.17) is 4.74 Å². The van der Waals surface area contributed by atoms with Crippen LogP contribution in [0.5, 0.6) is 11.6 Å². The number of rotatable bonds is 2. The normalized spacial score (nSPS) is 9.85. The topological polar surface area (TPSA) is 42.1 Å². The third-order valence-corrected chi connectivity index (χ3v) is 2.12. The van der Waals surface area contributed by atoms with E-state index in [9.17, 15) is 4.79 Å². The molecule has 0 atom stereocenters. The average Bonchev–Trinajstić information content (AvgIpc) is 2.53. The predicted octanol–water partition coefficient (Wildman–Crippen LogP) is 2.23. The van der Waals surface area contributed by atoms with E-state index < -0.39 is 0 Å². The quantitative estimate of drug-likeness (QED) is 0.794. The van der Waals surface area contributed by atoms with Gasteiger partial charge in [-0.3, -0.25) is 9.78 Å². The van der Waals surface area contributed by atoms with Crippen LogP contribution in [0.25, 0.3) is 0 Å². The summed E-state index contributed by atoms with van der Waals surface area (Å²) in [4.78, 5) is 13.2. The number of aromatic amines is 1. The summed E-state index contributed by atoms with van der Waals surface area (Å²) in [5.41, 5.74) is 0. The standard InChI is InChI=1S/C9H7NO2S/c11-9-10-8(6-13-9)12-7-4-2-1-3-5-7/h1-6H,(H,10,11). The second-order valence-corrected chi connectivity index (χ2v) is 3.27. The van der Waals surface area contributed by atoms with E-state index in [2.05, 4.69) is 4.98 Å². The molecule has 0 unspecified atom stereocenters. The van der Waals surface area contributed by atoms with E-state index in [1.54, 1.807) is 5.38 Å². The van der Waals surface area contributed by atoms with E-state index in [-0.39, 0.29) is 4.87 Å². The van der Waals surface area contributed by atoms with Gasteiger partial charge >= 0.3 is 4.87 Å². The number of hydrogen-bond donors (Lipinski definition) is 1. The molecule has 0 saturated heterocycles. The molecule has 2 aromatic rings. The molecule has 3 nitrogen and oxygen atoms in total. The molecular formula is C9H7NO2S. The van der Waals surface area contributed by atoms with Crippen molar-refractivity contribution in [3.8, 4) is 11.6 Å². The summed E-state index contributed by atoms with van der Waals surface area (Å²) >= 11 is 1.09. The molecule has 0 fully saturated rings. The van der Waals surface area contributed by atoms with Gasteiger partial charge in [-0.05, 0) is 12.1 Å². The van der Waals surface area contributed by atoms with Crippen LogP contribution in [0.2, 0.25) is 0 Å². The predicted molar refractivity (Wildman–Crippen MR) is 51.5 cm³/mol. The van der Waals surface area contributed by atoms with Crippen molar-refractivity contribution in [3.63, 3.8) is 0 Å². The van der Waals surface area contributed by atoms with E-state index in [0.29, 0.717) is 5.88 Å². The van der Waals surface area contributed by atoms with Gasteiger partial charge in [-0.25, -0.2) is 0 Å². The molecule has 13 heavy (non-hydrogen) atoms. The third kappa shape index (κ3) is 1.97. The molecule has 1 N–H and O–H groups in total. The molecular weight excluding hydrogens is 186 g/mol. The highest BCUT2D eigenvalue weighted by Crippen LogP contribution is 2.17. The van der Waals surface area contributed by atoms with E-state index in [0.717, 1.165) is 17.1 Å². The van der Waals surface area contributed by atoms with Gasteiger partial charge < -0.3 is 4.74 Å². The molecule has 0 bridgehead atoms.